The first-order valence-corrected chi connectivity index (χ1v) is 6.39. The van der Waals surface area contributed by atoms with Crippen molar-refractivity contribution in [3.05, 3.63) is 76.6 Å². The summed E-state index contributed by atoms with van der Waals surface area (Å²) in [6.45, 7) is 0. The molecular formula is C17H10FNO2. The van der Waals surface area contributed by atoms with Gasteiger partial charge in [0.1, 0.15) is 17.6 Å². The van der Waals surface area contributed by atoms with Crippen LogP contribution in [-0.2, 0) is 11.2 Å². The van der Waals surface area contributed by atoms with Crippen LogP contribution in [0.2, 0.25) is 0 Å². The third kappa shape index (κ3) is 2.41. The first-order chi connectivity index (χ1) is 10.2. The zero-order chi connectivity index (χ0) is 14.8. The average Bonchev–Trinajstić information content (AvgIpc) is 2.83. The third-order valence-corrected chi connectivity index (χ3v) is 3.29. The molecule has 4 heteroatoms. The molecule has 0 bridgehead atoms. The maximum absolute atomic E-state index is 13.3. The Hall–Kier alpha value is -2.93. The monoisotopic (exact) mass is 279 g/mol. The molecular weight excluding hydrogens is 269 g/mol. The number of carbonyl (C=O) groups is 1. The molecule has 0 radical (unpaired) electrons. The Bertz CT molecular complexity index is 803. The molecule has 21 heavy (non-hydrogen) atoms. The lowest BCUT2D eigenvalue weighted by Gasteiger charge is -2.01. The predicted octanol–water partition coefficient (Wildman–Crippen LogP) is 3.45. The highest BCUT2D eigenvalue weighted by atomic mass is 19.1. The summed E-state index contributed by atoms with van der Waals surface area (Å²) in [6.07, 6.45) is 2.21. The number of allylic oxidation sites excluding steroid dienone is 1. The lowest BCUT2D eigenvalue weighted by molar-refractivity contribution is 0.0715. The summed E-state index contributed by atoms with van der Waals surface area (Å²) in [5.41, 5.74) is 2.08. The lowest BCUT2D eigenvalue weighted by atomic mass is 10.0. The van der Waals surface area contributed by atoms with Crippen LogP contribution in [0.3, 0.4) is 0 Å². The molecule has 0 fully saturated rings. The highest BCUT2D eigenvalue weighted by Gasteiger charge is 2.25. The standard InChI is InChI=1S/C17H10FNO2/c18-15-7-5-11(9-12(15)10-19)6-8-16-13-3-1-2-4-14(13)17(20)21-16/h1-5,7-9H,6H2/b16-8-. The van der Waals surface area contributed by atoms with Crippen LogP contribution < -0.4 is 0 Å². The molecule has 3 nitrogen and oxygen atoms in total. The Morgan fingerprint density at radius 1 is 1.19 bits per heavy atom. The molecule has 1 aliphatic heterocycles. The van der Waals surface area contributed by atoms with Crippen molar-refractivity contribution in [3.8, 4) is 6.07 Å². The van der Waals surface area contributed by atoms with Gasteiger partial charge in [-0.2, -0.15) is 5.26 Å². The summed E-state index contributed by atoms with van der Waals surface area (Å²) in [6, 6.07) is 13.3. The van der Waals surface area contributed by atoms with Crippen molar-refractivity contribution in [1.82, 2.24) is 0 Å². The van der Waals surface area contributed by atoms with E-state index in [0.717, 1.165) is 11.1 Å². The van der Waals surface area contributed by atoms with Gasteiger partial charge < -0.3 is 4.74 Å². The molecule has 0 saturated heterocycles. The first-order valence-electron chi connectivity index (χ1n) is 6.39. The summed E-state index contributed by atoms with van der Waals surface area (Å²) < 4.78 is 18.5. The zero-order valence-corrected chi connectivity index (χ0v) is 11.0. The number of fused-ring (bicyclic) bond motifs is 1. The Balaban J connectivity index is 1.88. The molecule has 2 aromatic carbocycles. The summed E-state index contributed by atoms with van der Waals surface area (Å²) in [5.74, 6) is -0.404. The van der Waals surface area contributed by atoms with E-state index < -0.39 is 5.82 Å². The van der Waals surface area contributed by atoms with Crippen molar-refractivity contribution < 1.29 is 13.9 Å². The fourth-order valence-corrected chi connectivity index (χ4v) is 2.23. The number of hydrogen-bond acceptors (Lipinski definition) is 3. The smallest absolute Gasteiger partial charge is 0.344 e. The Kier molecular flexibility index (Phi) is 3.25. The highest BCUT2D eigenvalue weighted by Crippen LogP contribution is 2.29. The van der Waals surface area contributed by atoms with E-state index in [2.05, 4.69) is 0 Å². The van der Waals surface area contributed by atoms with Gasteiger partial charge in [0.15, 0.2) is 0 Å². The minimum Gasteiger partial charge on any atom is -0.423 e. The molecule has 0 spiro atoms. The van der Waals surface area contributed by atoms with E-state index in [-0.39, 0.29) is 11.5 Å². The number of halogens is 1. The van der Waals surface area contributed by atoms with E-state index in [1.54, 1.807) is 30.3 Å². The van der Waals surface area contributed by atoms with Crippen LogP contribution in [0.1, 0.15) is 27.0 Å². The van der Waals surface area contributed by atoms with Gasteiger partial charge in [0, 0.05) is 5.56 Å². The highest BCUT2D eigenvalue weighted by molar-refractivity contribution is 6.02. The second kappa shape index (κ2) is 5.22. The van der Waals surface area contributed by atoms with Gasteiger partial charge in [0.25, 0.3) is 0 Å². The van der Waals surface area contributed by atoms with Gasteiger partial charge in [-0.05, 0) is 36.3 Å². The van der Waals surface area contributed by atoms with E-state index in [1.165, 1.54) is 12.1 Å². The third-order valence-electron chi connectivity index (χ3n) is 3.29. The van der Waals surface area contributed by atoms with Gasteiger partial charge in [0.2, 0.25) is 0 Å². The molecule has 0 amide bonds. The van der Waals surface area contributed by atoms with Crippen LogP contribution in [-0.4, -0.2) is 5.97 Å². The van der Waals surface area contributed by atoms with Crippen molar-refractivity contribution in [3.63, 3.8) is 0 Å². The van der Waals surface area contributed by atoms with Crippen molar-refractivity contribution in [2.45, 2.75) is 6.42 Å². The van der Waals surface area contributed by atoms with Crippen molar-refractivity contribution >= 4 is 11.7 Å². The average molecular weight is 279 g/mol. The fourth-order valence-electron chi connectivity index (χ4n) is 2.23. The van der Waals surface area contributed by atoms with Crippen LogP contribution in [0.4, 0.5) is 4.39 Å². The summed E-state index contributed by atoms with van der Waals surface area (Å²) in [5, 5.41) is 8.81. The second-order valence-corrected chi connectivity index (χ2v) is 4.63. The summed E-state index contributed by atoms with van der Waals surface area (Å²) in [7, 11) is 0. The normalized spacial score (nSPS) is 14.7. The van der Waals surface area contributed by atoms with Crippen LogP contribution in [0.25, 0.3) is 5.76 Å². The van der Waals surface area contributed by atoms with E-state index in [9.17, 15) is 9.18 Å². The molecule has 3 rings (SSSR count). The summed E-state index contributed by atoms with van der Waals surface area (Å²) >= 11 is 0. The van der Waals surface area contributed by atoms with E-state index in [1.807, 2.05) is 12.1 Å². The maximum Gasteiger partial charge on any atom is 0.344 e. The van der Waals surface area contributed by atoms with Crippen molar-refractivity contribution in [2.75, 3.05) is 0 Å². The predicted molar refractivity (Wildman–Crippen MR) is 74.7 cm³/mol. The van der Waals surface area contributed by atoms with E-state index in [0.29, 0.717) is 17.7 Å². The molecule has 0 atom stereocenters. The number of nitriles is 1. The minimum absolute atomic E-state index is 0.00900. The number of ether oxygens (including phenoxy) is 1. The van der Waals surface area contributed by atoms with Crippen LogP contribution in [0.5, 0.6) is 0 Å². The number of esters is 1. The number of nitrogens with zero attached hydrogens (tertiary/aromatic N) is 1. The molecule has 1 aliphatic rings. The fraction of sp³-hybridized carbons (Fsp3) is 0.0588. The number of carbonyl (C=O) groups excluding carboxylic acids is 1. The lowest BCUT2D eigenvalue weighted by Crippen LogP contribution is -1.92. The van der Waals surface area contributed by atoms with Crippen LogP contribution in [0, 0.1) is 17.1 Å². The van der Waals surface area contributed by atoms with Gasteiger partial charge in [-0.3, -0.25) is 0 Å². The summed E-state index contributed by atoms with van der Waals surface area (Å²) in [4.78, 5) is 11.7. The van der Waals surface area contributed by atoms with Gasteiger partial charge in [-0.25, -0.2) is 9.18 Å². The molecule has 0 aromatic heterocycles. The van der Waals surface area contributed by atoms with Crippen molar-refractivity contribution in [2.24, 2.45) is 0 Å². The quantitative estimate of drug-likeness (QED) is 0.791. The number of benzene rings is 2. The van der Waals surface area contributed by atoms with Crippen molar-refractivity contribution in [1.29, 1.82) is 5.26 Å². The molecule has 0 saturated carbocycles. The van der Waals surface area contributed by atoms with Gasteiger partial charge >= 0.3 is 5.97 Å². The van der Waals surface area contributed by atoms with E-state index in [4.69, 9.17) is 10.00 Å². The zero-order valence-electron chi connectivity index (χ0n) is 11.0. The van der Waals surface area contributed by atoms with E-state index >= 15 is 0 Å². The molecule has 0 unspecified atom stereocenters. The Morgan fingerprint density at radius 2 is 1.95 bits per heavy atom. The van der Waals surface area contributed by atoms with Gasteiger partial charge in [-0.15, -0.1) is 0 Å². The van der Waals surface area contributed by atoms with Crippen LogP contribution in [0.15, 0.2) is 48.5 Å². The molecule has 1 heterocycles. The second-order valence-electron chi connectivity index (χ2n) is 4.63. The van der Waals surface area contributed by atoms with Gasteiger partial charge in [0.05, 0.1) is 11.1 Å². The maximum atomic E-state index is 13.3. The molecule has 102 valence electrons. The SMILES string of the molecule is N#Cc1cc(C/C=C2\OC(=O)c3ccccc32)ccc1F. The van der Waals surface area contributed by atoms with Gasteiger partial charge in [-0.1, -0.05) is 24.3 Å². The van der Waals surface area contributed by atoms with Crippen LogP contribution >= 0.6 is 0 Å². The largest absolute Gasteiger partial charge is 0.423 e. The Morgan fingerprint density at radius 3 is 2.71 bits per heavy atom. The Labute approximate surface area is 120 Å². The number of cyclic esters (lactones) is 1. The number of rotatable bonds is 2. The minimum atomic E-state index is -0.536. The molecule has 2 aromatic rings. The molecule has 0 aliphatic carbocycles. The topological polar surface area (TPSA) is 50.1 Å². The molecule has 0 N–H and O–H groups in total. The first kappa shape index (κ1) is 13.1. The number of hydrogen-bond donors (Lipinski definition) is 0.